The van der Waals surface area contributed by atoms with Gasteiger partial charge in [-0.3, -0.25) is 0 Å². The fourth-order valence-corrected chi connectivity index (χ4v) is 2.51. The van der Waals surface area contributed by atoms with Gasteiger partial charge in [0.25, 0.3) is 0 Å². The molecule has 0 spiro atoms. The number of hydrogen-bond acceptors (Lipinski definition) is 4. The summed E-state index contributed by atoms with van der Waals surface area (Å²) in [4.78, 5) is 0. The van der Waals surface area contributed by atoms with Crippen LogP contribution < -0.4 is 9.47 Å². The predicted octanol–water partition coefficient (Wildman–Crippen LogP) is 3.50. The van der Waals surface area contributed by atoms with E-state index in [2.05, 4.69) is 0 Å². The third kappa shape index (κ3) is 3.87. The highest BCUT2D eigenvalue weighted by Crippen LogP contribution is 2.24. The molecule has 0 aliphatic carbocycles. The van der Waals surface area contributed by atoms with Crippen LogP contribution in [0.4, 0.5) is 0 Å². The number of ether oxygens (including phenoxy) is 4. The minimum absolute atomic E-state index is 0.0998. The third-order valence-electron chi connectivity index (χ3n) is 3.63. The highest BCUT2D eigenvalue weighted by Gasteiger charge is 2.16. The molecule has 3 rings (SSSR count). The lowest BCUT2D eigenvalue weighted by atomic mass is 10.2. The molecule has 2 heterocycles. The molecular formula is C16H22O4. The molecule has 2 saturated heterocycles. The normalized spacial score (nSPS) is 27.0. The summed E-state index contributed by atoms with van der Waals surface area (Å²) in [6.45, 7) is 1.59. The van der Waals surface area contributed by atoms with Gasteiger partial charge in [-0.1, -0.05) is 0 Å². The van der Waals surface area contributed by atoms with Gasteiger partial charge >= 0.3 is 0 Å². The van der Waals surface area contributed by atoms with E-state index < -0.39 is 0 Å². The zero-order valence-electron chi connectivity index (χ0n) is 11.8. The van der Waals surface area contributed by atoms with E-state index >= 15 is 0 Å². The molecule has 4 heteroatoms. The van der Waals surface area contributed by atoms with Crippen LogP contribution in [0.2, 0.25) is 0 Å². The van der Waals surface area contributed by atoms with Crippen molar-refractivity contribution in [3.05, 3.63) is 24.3 Å². The molecule has 0 N–H and O–H groups in total. The predicted molar refractivity (Wildman–Crippen MR) is 74.9 cm³/mol. The molecule has 2 fully saturated rings. The van der Waals surface area contributed by atoms with Crippen molar-refractivity contribution >= 4 is 0 Å². The summed E-state index contributed by atoms with van der Waals surface area (Å²) in [5.41, 5.74) is 0. The van der Waals surface area contributed by atoms with E-state index in [-0.39, 0.29) is 12.6 Å². The Hall–Kier alpha value is -1.26. The molecule has 20 heavy (non-hydrogen) atoms. The first kappa shape index (κ1) is 13.7. The van der Waals surface area contributed by atoms with Crippen molar-refractivity contribution in [1.82, 2.24) is 0 Å². The van der Waals surface area contributed by atoms with Crippen LogP contribution in [0.1, 0.15) is 38.5 Å². The third-order valence-corrected chi connectivity index (χ3v) is 3.63. The van der Waals surface area contributed by atoms with Crippen LogP contribution in [0.25, 0.3) is 0 Å². The van der Waals surface area contributed by atoms with Crippen LogP contribution in [0, 0.1) is 0 Å². The Labute approximate surface area is 120 Å². The van der Waals surface area contributed by atoms with Crippen molar-refractivity contribution < 1.29 is 18.9 Å². The molecule has 4 nitrogen and oxygen atoms in total. The average molecular weight is 278 g/mol. The topological polar surface area (TPSA) is 36.9 Å². The Morgan fingerprint density at radius 1 is 0.700 bits per heavy atom. The molecule has 2 aliphatic rings. The Kier molecular flexibility index (Phi) is 4.77. The van der Waals surface area contributed by atoms with Gasteiger partial charge in [-0.25, -0.2) is 0 Å². The van der Waals surface area contributed by atoms with E-state index in [1.54, 1.807) is 0 Å². The van der Waals surface area contributed by atoms with Gasteiger partial charge in [-0.2, -0.15) is 0 Å². The van der Waals surface area contributed by atoms with E-state index in [0.29, 0.717) is 0 Å². The first-order valence-corrected chi connectivity index (χ1v) is 7.57. The summed E-state index contributed by atoms with van der Waals surface area (Å²) in [6, 6.07) is 7.71. The minimum Gasteiger partial charge on any atom is -0.465 e. The Balaban J connectivity index is 1.51. The molecule has 2 aliphatic heterocycles. The van der Waals surface area contributed by atoms with Crippen molar-refractivity contribution in [2.24, 2.45) is 0 Å². The maximum Gasteiger partial charge on any atom is 0.199 e. The maximum atomic E-state index is 5.79. The van der Waals surface area contributed by atoms with Gasteiger partial charge in [0.2, 0.25) is 0 Å². The molecule has 110 valence electrons. The smallest absolute Gasteiger partial charge is 0.199 e. The maximum absolute atomic E-state index is 5.79. The summed E-state index contributed by atoms with van der Waals surface area (Å²) in [5, 5.41) is 0. The molecule has 0 bridgehead atoms. The second-order valence-corrected chi connectivity index (χ2v) is 5.30. The lowest BCUT2D eigenvalue weighted by Gasteiger charge is -2.24. The van der Waals surface area contributed by atoms with Gasteiger partial charge in [-0.15, -0.1) is 0 Å². The zero-order valence-corrected chi connectivity index (χ0v) is 11.8. The van der Waals surface area contributed by atoms with Crippen molar-refractivity contribution in [3.63, 3.8) is 0 Å². The van der Waals surface area contributed by atoms with Gasteiger partial charge in [0.15, 0.2) is 12.6 Å². The second-order valence-electron chi connectivity index (χ2n) is 5.30. The van der Waals surface area contributed by atoms with Crippen LogP contribution >= 0.6 is 0 Å². The van der Waals surface area contributed by atoms with Gasteiger partial charge in [0, 0.05) is 12.8 Å². The molecular weight excluding hydrogens is 256 g/mol. The van der Waals surface area contributed by atoms with Gasteiger partial charge in [0.05, 0.1) is 13.2 Å². The van der Waals surface area contributed by atoms with Crippen LogP contribution in [0.3, 0.4) is 0 Å². The van der Waals surface area contributed by atoms with Crippen LogP contribution in [-0.2, 0) is 9.47 Å². The monoisotopic (exact) mass is 278 g/mol. The summed E-state index contributed by atoms with van der Waals surface area (Å²) in [6.07, 6.45) is 6.34. The number of benzene rings is 1. The number of hydrogen-bond donors (Lipinski definition) is 0. The van der Waals surface area contributed by atoms with E-state index in [1.165, 1.54) is 12.8 Å². The van der Waals surface area contributed by atoms with Crippen LogP contribution in [0.5, 0.6) is 11.5 Å². The van der Waals surface area contributed by atoms with Crippen molar-refractivity contribution in [3.8, 4) is 11.5 Å². The first-order valence-electron chi connectivity index (χ1n) is 7.57. The van der Waals surface area contributed by atoms with Gasteiger partial charge < -0.3 is 18.9 Å². The molecule has 2 atom stereocenters. The lowest BCUT2D eigenvalue weighted by molar-refractivity contribution is -0.107. The fraction of sp³-hybridized carbons (Fsp3) is 0.625. The summed E-state index contributed by atoms with van der Waals surface area (Å²) < 4.78 is 22.7. The van der Waals surface area contributed by atoms with Crippen molar-refractivity contribution in [1.29, 1.82) is 0 Å². The van der Waals surface area contributed by atoms with E-state index in [1.807, 2.05) is 24.3 Å². The van der Waals surface area contributed by atoms with Gasteiger partial charge in [-0.05, 0) is 49.9 Å². The molecule has 0 radical (unpaired) electrons. The molecule has 0 saturated carbocycles. The molecule has 0 unspecified atom stereocenters. The van der Waals surface area contributed by atoms with Crippen LogP contribution in [0.15, 0.2) is 24.3 Å². The number of rotatable bonds is 4. The Morgan fingerprint density at radius 3 is 1.50 bits per heavy atom. The first-order chi connectivity index (χ1) is 9.90. The summed E-state index contributed by atoms with van der Waals surface area (Å²) in [5.74, 6) is 1.66. The highest BCUT2D eigenvalue weighted by molar-refractivity contribution is 5.31. The fourth-order valence-electron chi connectivity index (χ4n) is 2.51. The summed E-state index contributed by atoms with van der Waals surface area (Å²) in [7, 11) is 0. The molecule has 0 aromatic heterocycles. The van der Waals surface area contributed by atoms with Crippen molar-refractivity contribution in [2.45, 2.75) is 51.1 Å². The van der Waals surface area contributed by atoms with Gasteiger partial charge in [0.1, 0.15) is 11.5 Å². The summed E-state index contributed by atoms with van der Waals surface area (Å²) >= 11 is 0. The molecule has 1 aromatic carbocycles. The average Bonchev–Trinajstić information content (AvgIpc) is 2.51. The van der Waals surface area contributed by atoms with E-state index in [4.69, 9.17) is 18.9 Å². The standard InChI is InChI=1S/C16H22O4/c1-3-11-17-15(5-1)19-13-7-9-14(10-8-13)20-16-6-2-4-12-18-16/h7-10,15-16H,1-6,11-12H2/t15-,16-/m0/s1. The lowest BCUT2D eigenvalue weighted by Crippen LogP contribution is -2.25. The quantitative estimate of drug-likeness (QED) is 0.844. The highest BCUT2D eigenvalue weighted by atomic mass is 16.7. The van der Waals surface area contributed by atoms with E-state index in [9.17, 15) is 0 Å². The van der Waals surface area contributed by atoms with Crippen LogP contribution in [-0.4, -0.2) is 25.8 Å². The molecule has 0 amide bonds. The second kappa shape index (κ2) is 6.95. The minimum atomic E-state index is -0.0998. The molecule has 1 aromatic rings. The van der Waals surface area contributed by atoms with Crippen molar-refractivity contribution in [2.75, 3.05) is 13.2 Å². The van der Waals surface area contributed by atoms with E-state index in [0.717, 1.165) is 50.4 Å². The Bertz CT molecular complexity index is 352. The zero-order chi connectivity index (χ0) is 13.6. The Morgan fingerprint density at radius 2 is 1.15 bits per heavy atom. The largest absolute Gasteiger partial charge is 0.465 e. The SMILES string of the molecule is c1cc(O[C@H]2CCCCO2)ccc1O[C@H]1CCCCO1.